The minimum absolute atomic E-state index is 0. The molecule has 0 aliphatic carbocycles. The lowest BCUT2D eigenvalue weighted by atomic mass is 9.99. The molecule has 1 aliphatic heterocycles. The van der Waals surface area contributed by atoms with Crippen molar-refractivity contribution in [2.24, 2.45) is 11.7 Å². The van der Waals surface area contributed by atoms with Crippen molar-refractivity contribution in [2.75, 3.05) is 19.6 Å². The summed E-state index contributed by atoms with van der Waals surface area (Å²) in [6.07, 6.45) is 1.91. The van der Waals surface area contributed by atoms with Crippen molar-refractivity contribution in [2.45, 2.75) is 37.5 Å². The zero-order valence-corrected chi connectivity index (χ0v) is 14.3. The van der Waals surface area contributed by atoms with Crippen LogP contribution in [0.2, 0.25) is 0 Å². The SMILES string of the molecule is CCC(C)c1ccc(S(=O)(=O)N2CCC(CN)C2)cc1.Cl. The lowest BCUT2D eigenvalue weighted by Crippen LogP contribution is -2.30. The second-order valence-corrected chi connectivity index (χ2v) is 7.57. The van der Waals surface area contributed by atoms with Crippen LogP contribution in [-0.2, 0) is 10.0 Å². The first-order chi connectivity index (χ1) is 9.48. The summed E-state index contributed by atoms with van der Waals surface area (Å²) < 4.78 is 26.6. The number of nitrogens with zero attached hydrogens (tertiary/aromatic N) is 1. The Morgan fingerprint density at radius 1 is 1.33 bits per heavy atom. The van der Waals surface area contributed by atoms with Gasteiger partial charge in [0.25, 0.3) is 0 Å². The van der Waals surface area contributed by atoms with Gasteiger partial charge in [0.2, 0.25) is 10.0 Å². The number of halogens is 1. The van der Waals surface area contributed by atoms with Gasteiger partial charge in [0, 0.05) is 13.1 Å². The van der Waals surface area contributed by atoms with E-state index in [0.29, 0.717) is 36.4 Å². The molecule has 120 valence electrons. The number of hydrogen-bond acceptors (Lipinski definition) is 3. The number of rotatable bonds is 5. The molecule has 0 saturated carbocycles. The summed E-state index contributed by atoms with van der Waals surface area (Å²) >= 11 is 0. The standard InChI is InChI=1S/C15H24N2O2S.ClH/c1-3-12(2)14-4-6-15(7-5-14)20(18,19)17-9-8-13(10-16)11-17;/h4-7,12-13H,3,8-11,16H2,1-2H3;1H. The average Bonchev–Trinajstić information content (AvgIpc) is 2.96. The van der Waals surface area contributed by atoms with Gasteiger partial charge < -0.3 is 5.73 Å². The third-order valence-corrected chi connectivity index (χ3v) is 6.16. The second kappa shape index (κ2) is 7.58. The summed E-state index contributed by atoms with van der Waals surface area (Å²) in [6.45, 7) is 5.96. The van der Waals surface area contributed by atoms with E-state index >= 15 is 0 Å². The molecule has 2 unspecified atom stereocenters. The van der Waals surface area contributed by atoms with Gasteiger partial charge in [-0.05, 0) is 48.9 Å². The molecule has 1 heterocycles. The zero-order valence-electron chi connectivity index (χ0n) is 12.7. The fourth-order valence-corrected chi connectivity index (χ4v) is 4.09. The third-order valence-electron chi connectivity index (χ3n) is 4.28. The molecule has 2 N–H and O–H groups in total. The van der Waals surface area contributed by atoms with Crippen molar-refractivity contribution in [1.29, 1.82) is 0 Å². The van der Waals surface area contributed by atoms with Crippen LogP contribution in [0, 0.1) is 5.92 Å². The van der Waals surface area contributed by atoms with E-state index in [1.807, 2.05) is 12.1 Å². The van der Waals surface area contributed by atoms with Crippen molar-refractivity contribution < 1.29 is 8.42 Å². The molecule has 1 fully saturated rings. The number of hydrogen-bond donors (Lipinski definition) is 1. The Labute approximate surface area is 134 Å². The minimum atomic E-state index is -3.35. The van der Waals surface area contributed by atoms with Gasteiger partial charge >= 0.3 is 0 Å². The topological polar surface area (TPSA) is 63.4 Å². The maximum absolute atomic E-state index is 12.5. The maximum atomic E-state index is 12.5. The molecule has 1 saturated heterocycles. The molecular formula is C15H25ClN2O2S. The van der Waals surface area contributed by atoms with E-state index in [2.05, 4.69) is 13.8 Å². The normalized spacial score (nSPS) is 21.0. The van der Waals surface area contributed by atoms with Crippen LogP contribution in [0.25, 0.3) is 0 Å². The van der Waals surface area contributed by atoms with Crippen molar-refractivity contribution in [3.8, 4) is 0 Å². The number of nitrogens with two attached hydrogens (primary N) is 1. The fraction of sp³-hybridized carbons (Fsp3) is 0.600. The molecule has 0 bridgehead atoms. The van der Waals surface area contributed by atoms with E-state index in [1.165, 1.54) is 5.56 Å². The summed E-state index contributed by atoms with van der Waals surface area (Å²) in [4.78, 5) is 0.391. The molecule has 0 aromatic heterocycles. The zero-order chi connectivity index (χ0) is 14.8. The van der Waals surface area contributed by atoms with Crippen LogP contribution in [0.4, 0.5) is 0 Å². The van der Waals surface area contributed by atoms with E-state index in [-0.39, 0.29) is 12.4 Å². The van der Waals surface area contributed by atoms with Crippen LogP contribution >= 0.6 is 12.4 Å². The molecule has 2 rings (SSSR count). The number of benzene rings is 1. The highest BCUT2D eigenvalue weighted by atomic mass is 35.5. The van der Waals surface area contributed by atoms with Crippen molar-refractivity contribution in [3.63, 3.8) is 0 Å². The van der Waals surface area contributed by atoms with E-state index in [0.717, 1.165) is 12.8 Å². The van der Waals surface area contributed by atoms with E-state index in [4.69, 9.17) is 5.73 Å². The summed E-state index contributed by atoms with van der Waals surface area (Å²) in [5, 5.41) is 0. The average molecular weight is 333 g/mol. The van der Waals surface area contributed by atoms with Gasteiger partial charge in [0.1, 0.15) is 0 Å². The van der Waals surface area contributed by atoms with Crippen LogP contribution in [0.3, 0.4) is 0 Å². The van der Waals surface area contributed by atoms with Crippen LogP contribution in [-0.4, -0.2) is 32.4 Å². The summed E-state index contributed by atoms with van der Waals surface area (Å²) in [7, 11) is -3.35. The van der Waals surface area contributed by atoms with Gasteiger partial charge in [-0.2, -0.15) is 4.31 Å². The summed E-state index contributed by atoms with van der Waals surface area (Å²) in [5.74, 6) is 0.754. The molecule has 0 spiro atoms. The number of sulfonamides is 1. The molecule has 0 amide bonds. The van der Waals surface area contributed by atoms with Crippen LogP contribution in [0.1, 0.15) is 38.2 Å². The van der Waals surface area contributed by atoms with Gasteiger partial charge in [-0.25, -0.2) is 8.42 Å². The molecule has 2 atom stereocenters. The quantitative estimate of drug-likeness (QED) is 0.901. The molecule has 0 radical (unpaired) electrons. The smallest absolute Gasteiger partial charge is 0.243 e. The Kier molecular flexibility index (Phi) is 6.66. The van der Waals surface area contributed by atoms with Gasteiger partial charge in [-0.15, -0.1) is 12.4 Å². The monoisotopic (exact) mass is 332 g/mol. The van der Waals surface area contributed by atoms with Crippen molar-refractivity contribution in [3.05, 3.63) is 29.8 Å². The molecule has 1 aromatic rings. The van der Waals surface area contributed by atoms with Crippen LogP contribution < -0.4 is 5.73 Å². The molecule has 6 heteroatoms. The highest BCUT2D eigenvalue weighted by Gasteiger charge is 2.31. The van der Waals surface area contributed by atoms with Gasteiger partial charge in [0.05, 0.1) is 4.90 Å². The predicted octanol–water partition coefficient (Wildman–Crippen LogP) is 2.59. The highest BCUT2D eigenvalue weighted by molar-refractivity contribution is 7.89. The van der Waals surface area contributed by atoms with Crippen LogP contribution in [0.15, 0.2) is 29.2 Å². The first-order valence-electron chi connectivity index (χ1n) is 7.29. The first kappa shape index (κ1) is 18.4. The maximum Gasteiger partial charge on any atom is 0.243 e. The van der Waals surface area contributed by atoms with Gasteiger partial charge in [-0.3, -0.25) is 0 Å². The first-order valence-corrected chi connectivity index (χ1v) is 8.73. The Morgan fingerprint density at radius 2 is 1.95 bits per heavy atom. The van der Waals surface area contributed by atoms with Crippen molar-refractivity contribution in [1.82, 2.24) is 4.31 Å². The van der Waals surface area contributed by atoms with E-state index in [1.54, 1.807) is 16.4 Å². The van der Waals surface area contributed by atoms with E-state index in [9.17, 15) is 8.42 Å². The lowest BCUT2D eigenvalue weighted by Gasteiger charge is -2.17. The Bertz CT molecular complexity index is 545. The lowest BCUT2D eigenvalue weighted by molar-refractivity contribution is 0.459. The minimum Gasteiger partial charge on any atom is -0.330 e. The Balaban J connectivity index is 0.00000220. The van der Waals surface area contributed by atoms with Gasteiger partial charge in [-0.1, -0.05) is 26.0 Å². The van der Waals surface area contributed by atoms with Crippen LogP contribution in [0.5, 0.6) is 0 Å². The second-order valence-electron chi connectivity index (χ2n) is 5.63. The Hall–Kier alpha value is -0.620. The van der Waals surface area contributed by atoms with Crippen molar-refractivity contribution >= 4 is 22.4 Å². The largest absolute Gasteiger partial charge is 0.330 e. The highest BCUT2D eigenvalue weighted by Crippen LogP contribution is 2.25. The Morgan fingerprint density at radius 3 is 2.43 bits per heavy atom. The molecular weight excluding hydrogens is 308 g/mol. The molecule has 1 aromatic carbocycles. The molecule has 21 heavy (non-hydrogen) atoms. The summed E-state index contributed by atoms with van der Waals surface area (Å²) in [5.41, 5.74) is 6.81. The summed E-state index contributed by atoms with van der Waals surface area (Å²) in [6, 6.07) is 7.31. The fourth-order valence-electron chi connectivity index (χ4n) is 2.56. The van der Waals surface area contributed by atoms with Gasteiger partial charge in [0.15, 0.2) is 0 Å². The van der Waals surface area contributed by atoms with E-state index < -0.39 is 10.0 Å². The molecule has 1 aliphatic rings. The predicted molar refractivity (Wildman–Crippen MR) is 88.3 cm³/mol. The molecule has 4 nitrogen and oxygen atoms in total. The third kappa shape index (κ3) is 3.97.